The zero-order chi connectivity index (χ0) is 19.7. The molecule has 1 fully saturated rings. The van der Waals surface area contributed by atoms with Crippen molar-refractivity contribution in [2.75, 3.05) is 13.1 Å². The number of rotatable bonds is 5. The Labute approximate surface area is 180 Å². The smallest absolute Gasteiger partial charge is 0.138 e. The third kappa shape index (κ3) is 4.13. The van der Waals surface area contributed by atoms with Crippen molar-refractivity contribution in [2.24, 2.45) is 7.05 Å². The highest BCUT2D eigenvalue weighted by Crippen LogP contribution is 2.32. The molecule has 3 nitrogen and oxygen atoms in total. The second kappa shape index (κ2) is 8.54. The Balaban J connectivity index is 1.68. The van der Waals surface area contributed by atoms with Gasteiger partial charge in [0.05, 0.1) is 10.7 Å². The summed E-state index contributed by atoms with van der Waals surface area (Å²) in [7, 11) is 2.08. The summed E-state index contributed by atoms with van der Waals surface area (Å²) in [5, 5.41) is 3.07. The first-order chi connectivity index (χ1) is 13.5. The van der Waals surface area contributed by atoms with Gasteiger partial charge in [-0.15, -0.1) is 0 Å². The van der Waals surface area contributed by atoms with Gasteiger partial charge < -0.3 is 9.30 Å². The monoisotopic (exact) mass is 436 g/mol. The molecule has 0 N–H and O–H groups in total. The minimum atomic E-state index is 0.438. The van der Waals surface area contributed by atoms with E-state index >= 15 is 0 Å². The van der Waals surface area contributed by atoms with Gasteiger partial charge in [-0.2, -0.15) is 0 Å². The number of ether oxygens (including phenoxy) is 1. The summed E-state index contributed by atoms with van der Waals surface area (Å²) in [5.74, 6) is 0.637. The quantitative estimate of drug-likeness (QED) is 0.441. The summed E-state index contributed by atoms with van der Waals surface area (Å²) >= 11 is 18.6. The van der Waals surface area contributed by atoms with Gasteiger partial charge in [0.15, 0.2) is 0 Å². The van der Waals surface area contributed by atoms with Crippen molar-refractivity contribution in [1.82, 2.24) is 9.47 Å². The molecular formula is C22H23Cl3N2O. The number of aromatic nitrogens is 1. The molecule has 3 aromatic rings. The summed E-state index contributed by atoms with van der Waals surface area (Å²) in [4.78, 5) is 2.53. The summed E-state index contributed by atoms with van der Waals surface area (Å²) < 4.78 is 8.29. The van der Waals surface area contributed by atoms with Crippen LogP contribution in [0.15, 0.2) is 36.4 Å². The van der Waals surface area contributed by atoms with Crippen molar-refractivity contribution in [1.29, 1.82) is 0 Å². The molecule has 0 amide bonds. The van der Waals surface area contributed by atoms with Crippen LogP contribution in [0, 0.1) is 0 Å². The molecule has 2 heterocycles. The van der Waals surface area contributed by atoms with Crippen LogP contribution in [0.25, 0.3) is 10.9 Å². The number of aryl methyl sites for hydroxylation is 1. The number of piperidine rings is 1. The molecule has 0 unspecified atom stereocenters. The molecule has 1 aliphatic heterocycles. The molecular weight excluding hydrogens is 415 g/mol. The van der Waals surface area contributed by atoms with E-state index in [0.29, 0.717) is 22.4 Å². The maximum Gasteiger partial charge on any atom is 0.138 e. The van der Waals surface area contributed by atoms with Gasteiger partial charge in [0.25, 0.3) is 0 Å². The minimum Gasteiger partial charge on any atom is -0.486 e. The SMILES string of the molecule is Cn1c(COc2ccc(Cl)cc2Cl)c(CN2CCCCC2)c2cc(Cl)ccc21. The van der Waals surface area contributed by atoms with Crippen molar-refractivity contribution in [3.8, 4) is 5.75 Å². The van der Waals surface area contributed by atoms with E-state index in [0.717, 1.165) is 35.9 Å². The van der Waals surface area contributed by atoms with Gasteiger partial charge in [-0.3, -0.25) is 4.90 Å². The van der Waals surface area contributed by atoms with E-state index in [4.69, 9.17) is 39.5 Å². The van der Waals surface area contributed by atoms with Crippen LogP contribution in [-0.2, 0) is 20.2 Å². The van der Waals surface area contributed by atoms with E-state index in [9.17, 15) is 0 Å². The van der Waals surface area contributed by atoms with Crippen LogP contribution in [0.2, 0.25) is 15.1 Å². The maximum absolute atomic E-state index is 6.32. The van der Waals surface area contributed by atoms with Crippen molar-refractivity contribution in [3.63, 3.8) is 0 Å². The molecule has 0 radical (unpaired) electrons. The number of halogens is 3. The van der Waals surface area contributed by atoms with Crippen LogP contribution < -0.4 is 4.74 Å². The Kier molecular flexibility index (Phi) is 6.07. The molecule has 0 spiro atoms. The van der Waals surface area contributed by atoms with Crippen molar-refractivity contribution in [2.45, 2.75) is 32.4 Å². The standard InChI is InChI=1S/C22H23Cl3N2O/c1-26-20-7-5-15(23)11-17(20)18(13-27-9-3-2-4-10-27)21(26)14-28-22-8-6-16(24)12-19(22)25/h5-8,11-12H,2-4,9-10,13-14H2,1H3. The highest BCUT2D eigenvalue weighted by Gasteiger charge is 2.20. The van der Waals surface area contributed by atoms with Crippen molar-refractivity contribution >= 4 is 45.7 Å². The number of benzene rings is 2. The largest absolute Gasteiger partial charge is 0.486 e. The normalized spacial score (nSPS) is 15.3. The number of nitrogens with zero attached hydrogens (tertiary/aromatic N) is 2. The molecule has 1 aromatic heterocycles. The first-order valence-corrected chi connectivity index (χ1v) is 10.7. The molecule has 0 aliphatic carbocycles. The van der Waals surface area contributed by atoms with E-state index in [1.54, 1.807) is 12.1 Å². The van der Waals surface area contributed by atoms with Crippen LogP contribution in [0.3, 0.4) is 0 Å². The Bertz CT molecular complexity index is 993. The van der Waals surface area contributed by atoms with E-state index in [1.807, 2.05) is 12.1 Å². The lowest BCUT2D eigenvalue weighted by Gasteiger charge is -2.26. The Morgan fingerprint density at radius 3 is 2.39 bits per heavy atom. The fourth-order valence-electron chi connectivity index (χ4n) is 3.99. The first kappa shape index (κ1) is 19.9. The molecule has 28 heavy (non-hydrogen) atoms. The van der Waals surface area contributed by atoms with Crippen LogP contribution in [0.5, 0.6) is 5.75 Å². The predicted molar refractivity (Wildman–Crippen MR) is 118 cm³/mol. The highest BCUT2D eigenvalue weighted by molar-refractivity contribution is 6.35. The summed E-state index contributed by atoms with van der Waals surface area (Å²) in [5.41, 5.74) is 3.60. The highest BCUT2D eigenvalue weighted by atomic mass is 35.5. The molecule has 1 aliphatic rings. The summed E-state index contributed by atoms with van der Waals surface area (Å²) in [6.45, 7) is 3.62. The minimum absolute atomic E-state index is 0.438. The fourth-order valence-corrected chi connectivity index (χ4v) is 4.62. The lowest BCUT2D eigenvalue weighted by atomic mass is 10.1. The van der Waals surface area contributed by atoms with E-state index < -0.39 is 0 Å². The average Bonchev–Trinajstić information content (AvgIpc) is 2.93. The molecule has 0 atom stereocenters. The summed E-state index contributed by atoms with van der Waals surface area (Å²) in [6, 6.07) is 11.4. The van der Waals surface area contributed by atoms with Crippen LogP contribution in [-0.4, -0.2) is 22.6 Å². The molecule has 148 valence electrons. The number of hydrogen-bond donors (Lipinski definition) is 0. The van der Waals surface area contributed by atoms with Gasteiger partial charge in [0.2, 0.25) is 0 Å². The zero-order valence-electron chi connectivity index (χ0n) is 15.9. The van der Waals surface area contributed by atoms with Crippen molar-refractivity contribution < 1.29 is 4.74 Å². The number of hydrogen-bond acceptors (Lipinski definition) is 2. The Hall–Kier alpha value is -1.39. The van der Waals surface area contributed by atoms with E-state index in [1.165, 1.54) is 30.2 Å². The molecule has 0 saturated carbocycles. The van der Waals surface area contributed by atoms with Crippen LogP contribution in [0.4, 0.5) is 0 Å². The second-order valence-corrected chi connectivity index (χ2v) is 8.63. The van der Waals surface area contributed by atoms with Gasteiger partial charge in [0, 0.05) is 34.5 Å². The lowest BCUT2D eigenvalue weighted by Crippen LogP contribution is -2.29. The van der Waals surface area contributed by atoms with E-state index in [-0.39, 0.29) is 0 Å². The van der Waals surface area contributed by atoms with Gasteiger partial charge in [-0.25, -0.2) is 0 Å². The lowest BCUT2D eigenvalue weighted by molar-refractivity contribution is 0.218. The third-order valence-electron chi connectivity index (χ3n) is 5.49. The first-order valence-electron chi connectivity index (χ1n) is 9.59. The Morgan fingerprint density at radius 2 is 1.64 bits per heavy atom. The van der Waals surface area contributed by atoms with Gasteiger partial charge >= 0.3 is 0 Å². The van der Waals surface area contributed by atoms with Gasteiger partial charge in [-0.1, -0.05) is 41.2 Å². The topological polar surface area (TPSA) is 17.4 Å². The second-order valence-electron chi connectivity index (χ2n) is 7.35. The summed E-state index contributed by atoms with van der Waals surface area (Å²) in [6.07, 6.45) is 3.85. The predicted octanol–water partition coefficient (Wildman–Crippen LogP) is 6.70. The average molecular weight is 438 g/mol. The molecule has 4 rings (SSSR count). The third-order valence-corrected chi connectivity index (χ3v) is 6.25. The fraction of sp³-hybridized carbons (Fsp3) is 0.364. The van der Waals surface area contributed by atoms with Gasteiger partial charge in [0.1, 0.15) is 12.4 Å². The molecule has 6 heteroatoms. The van der Waals surface area contributed by atoms with Crippen LogP contribution in [0.1, 0.15) is 30.5 Å². The molecule has 2 aromatic carbocycles. The molecule has 0 bridgehead atoms. The van der Waals surface area contributed by atoms with Crippen molar-refractivity contribution in [3.05, 3.63) is 62.7 Å². The number of likely N-dealkylation sites (tertiary alicyclic amines) is 1. The van der Waals surface area contributed by atoms with E-state index in [2.05, 4.69) is 28.6 Å². The van der Waals surface area contributed by atoms with Gasteiger partial charge in [-0.05, 0) is 67.9 Å². The molecule has 1 saturated heterocycles. The van der Waals surface area contributed by atoms with Crippen LogP contribution >= 0.6 is 34.8 Å². The number of fused-ring (bicyclic) bond motifs is 1. The zero-order valence-corrected chi connectivity index (χ0v) is 18.1. The Morgan fingerprint density at radius 1 is 0.929 bits per heavy atom. The maximum atomic E-state index is 6.32.